The Hall–Kier alpha value is -4.33. The van der Waals surface area contributed by atoms with Gasteiger partial charge in [0.25, 0.3) is 0 Å². The molecule has 13 heteroatoms. The highest BCUT2D eigenvalue weighted by Crippen LogP contribution is 2.29. The third-order valence-corrected chi connectivity index (χ3v) is 9.66. The summed E-state index contributed by atoms with van der Waals surface area (Å²) >= 11 is 0. The van der Waals surface area contributed by atoms with Gasteiger partial charge in [-0.05, 0) is 42.9 Å². The lowest BCUT2D eigenvalue weighted by molar-refractivity contribution is -0.131. The molecule has 50 heavy (non-hydrogen) atoms. The average molecular weight is 690 g/mol. The van der Waals surface area contributed by atoms with Gasteiger partial charge in [0.15, 0.2) is 0 Å². The van der Waals surface area contributed by atoms with E-state index in [4.69, 9.17) is 4.74 Å². The topological polar surface area (TPSA) is 182 Å². The van der Waals surface area contributed by atoms with Crippen molar-refractivity contribution in [3.63, 3.8) is 0 Å². The van der Waals surface area contributed by atoms with E-state index in [1.807, 2.05) is 48.5 Å². The number of carbonyl (C=O) groups is 3. The number of nitrogens with one attached hydrogen (secondary N) is 4. The van der Waals surface area contributed by atoms with E-state index in [0.717, 1.165) is 43.4 Å². The van der Waals surface area contributed by atoms with Crippen LogP contribution in [0.25, 0.3) is 0 Å². The van der Waals surface area contributed by atoms with Gasteiger partial charge in [-0.1, -0.05) is 68.5 Å². The van der Waals surface area contributed by atoms with Crippen LogP contribution in [0, 0.1) is 5.92 Å². The number of hydrogen-bond acceptors (Lipinski definition) is 8. The minimum atomic E-state index is -1.23. The number of hydrogen-bond donors (Lipinski definition) is 6. The van der Waals surface area contributed by atoms with Gasteiger partial charge in [0.05, 0.1) is 37.4 Å². The summed E-state index contributed by atoms with van der Waals surface area (Å²) in [6.07, 6.45) is 9.35. The number of imidazole rings is 1. The lowest BCUT2D eigenvalue weighted by atomic mass is 9.82. The third kappa shape index (κ3) is 11.4. The number of aryl methyl sites for hydroxylation is 1. The van der Waals surface area contributed by atoms with E-state index in [0.29, 0.717) is 44.8 Å². The Morgan fingerprint density at radius 1 is 0.860 bits per heavy atom. The number of nitrogens with zero attached hydrogens (tertiary/aromatic N) is 3. The van der Waals surface area contributed by atoms with Crippen LogP contribution in [0.15, 0.2) is 67.3 Å². The van der Waals surface area contributed by atoms with Crippen LogP contribution in [0.4, 0.5) is 4.79 Å². The van der Waals surface area contributed by atoms with E-state index in [2.05, 4.69) is 30.9 Å². The molecule has 1 saturated heterocycles. The molecule has 4 amide bonds. The first-order valence-electron chi connectivity index (χ1n) is 17.9. The minimum absolute atomic E-state index is 0.0744. The number of aromatic amines is 1. The fourth-order valence-electron chi connectivity index (χ4n) is 6.79. The number of urea groups is 1. The number of aromatic nitrogens is 3. The second-order valence-electron chi connectivity index (χ2n) is 13.4. The molecule has 5 rings (SSSR count). The number of pyridine rings is 1. The van der Waals surface area contributed by atoms with Gasteiger partial charge in [-0.2, -0.15) is 0 Å². The Kier molecular flexibility index (Phi) is 14.2. The molecule has 3 aromatic rings. The SMILES string of the molecule is O=C(N[C@@H](CC1CCCCC1)[C@@H](O)[C@@H](O)CCc1ccccn1)C(Cc1c[nH]cn1)NC(=O)C(Cc1ccccc1)NC(=O)N1CCOCC1. The highest BCUT2D eigenvalue weighted by molar-refractivity contribution is 5.92. The number of aliphatic hydroxyl groups is 2. The highest BCUT2D eigenvalue weighted by Gasteiger charge is 2.34. The Labute approximate surface area is 293 Å². The first-order valence-corrected chi connectivity index (χ1v) is 17.9. The van der Waals surface area contributed by atoms with Crippen LogP contribution in [0.2, 0.25) is 0 Å². The van der Waals surface area contributed by atoms with Crippen molar-refractivity contribution < 1.29 is 29.3 Å². The number of morpholine rings is 1. The summed E-state index contributed by atoms with van der Waals surface area (Å²) in [5.74, 6) is -0.737. The van der Waals surface area contributed by atoms with E-state index in [1.54, 1.807) is 17.3 Å². The van der Waals surface area contributed by atoms with Crippen LogP contribution in [0.1, 0.15) is 61.9 Å². The summed E-state index contributed by atoms with van der Waals surface area (Å²) in [6.45, 7) is 1.66. The summed E-state index contributed by atoms with van der Waals surface area (Å²) in [5.41, 5.74) is 2.21. The van der Waals surface area contributed by atoms with Crippen LogP contribution < -0.4 is 16.0 Å². The molecule has 1 aliphatic carbocycles. The molecule has 2 aliphatic rings. The van der Waals surface area contributed by atoms with Gasteiger partial charge >= 0.3 is 6.03 Å². The van der Waals surface area contributed by atoms with Gasteiger partial charge in [-0.3, -0.25) is 14.6 Å². The van der Waals surface area contributed by atoms with E-state index < -0.39 is 42.1 Å². The average Bonchev–Trinajstić information content (AvgIpc) is 3.67. The molecular weight excluding hydrogens is 638 g/mol. The lowest BCUT2D eigenvalue weighted by Gasteiger charge is -2.33. The molecule has 1 aromatic carbocycles. The van der Waals surface area contributed by atoms with Crippen molar-refractivity contribution in [3.05, 3.63) is 84.2 Å². The number of ether oxygens (including phenoxy) is 1. The maximum absolute atomic E-state index is 14.1. The van der Waals surface area contributed by atoms with Crippen molar-refractivity contribution in [2.24, 2.45) is 5.92 Å². The molecule has 13 nitrogen and oxygen atoms in total. The van der Waals surface area contributed by atoms with Crippen molar-refractivity contribution >= 4 is 17.8 Å². The predicted molar refractivity (Wildman–Crippen MR) is 187 cm³/mol. The first-order chi connectivity index (χ1) is 24.4. The number of H-pyrrole nitrogens is 1. The predicted octanol–water partition coefficient (Wildman–Crippen LogP) is 2.29. The van der Waals surface area contributed by atoms with Crippen LogP contribution >= 0.6 is 0 Å². The smallest absolute Gasteiger partial charge is 0.318 e. The summed E-state index contributed by atoms with van der Waals surface area (Å²) in [6, 6.07) is 11.8. The van der Waals surface area contributed by atoms with Gasteiger partial charge in [0.1, 0.15) is 18.2 Å². The third-order valence-electron chi connectivity index (χ3n) is 9.66. The molecule has 1 saturated carbocycles. The fraction of sp³-hybridized carbons (Fsp3) is 0.541. The molecule has 2 unspecified atom stereocenters. The van der Waals surface area contributed by atoms with Crippen molar-refractivity contribution in [1.29, 1.82) is 0 Å². The molecule has 0 radical (unpaired) electrons. The monoisotopic (exact) mass is 689 g/mol. The van der Waals surface area contributed by atoms with E-state index >= 15 is 0 Å². The number of rotatable bonds is 16. The molecule has 5 atom stereocenters. The molecule has 0 bridgehead atoms. The molecule has 2 aromatic heterocycles. The summed E-state index contributed by atoms with van der Waals surface area (Å²) < 4.78 is 5.38. The second kappa shape index (κ2) is 19.2. The first kappa shape index (κ1) is 36.9. The number of amides is 4. The van der Waals surface area contributed by atoms with Gasteiger partial charge in [0.2, 0.25) is 11.8 Å². The van der Waals surface area contributed by atoms with Gasteiger partial charge in [-0.25, -0.2) is 9.78 Å². The largest absolute Gasteiger partial charge is 0.390 e. The zero-order valence-corrected chi connectivity index (χ0v) is 28.6. The van der Waals surface area contributed by atoms with Crippen molar-refractivity contribution in [1.82, 2.24) is 35.8 Å². The summed E-state index contributed by atoms with van der Waals surface area (Å²) in [5, 5.41) is 31.4. The fourth-order valence-corrected chi connectivity index (χ4v) is 6.79. The van der Waals surface area contributed by atoms with Crippen molar-refractivity contribution in [3.8, 4) is 0 Å². The number of aliphatic hydroxyl groups excluding tert-OH is 2. The van der Waals surface area contributed by atoms with Gasteiger partial charge in [-0.15, -0.1) is 0 Å². The summed E-state index contributed by atoms with van der Waals surface area (Å²) in [7, 11) is 0. The Morgan fingerprint density at radius 3 is 2.28 bits per heavy atom. The highest BCUT2D eigenvalue weighted by atomic mass is 16.5. The number of benzene rings is 1. The maximum atomic E-state index is 14.1. The zero-order valence-electron chi connectivity index (χ0n) is 28.6. The zero-order chi connectivity index (χ0) is 35.1. The van der Waals surface area contributed by atoms with Crippen LogP contribution in [0.3, 0.4) is 0 Å². The molecular formula is C37H51N7O6. The quantitative estimate of drug-likeness (QED) is 0.133. The molecule has 2 fully saturated rings. The molecule has 6 N–H and O–H groups in total. The van der Waals surface area contributed by atoms with E-state index in [9.17, 15) is 24.6 Å². The normalized spacial score (nSPS) is 18.3. The lowest BCUT2D eigenvalue weighted by Crippen LogP contribution is -2.59. The molecule has 270 valence electrons. The summed E-state index contributed by atoms with van der Waals surface area (Å²) in [4.78, 5) is 54.5. The maximum Gasteiger partial charge on any atom is 0.318 e. The van der Waals surface area contributed by atoms with E-state index in [1.165, 1.54) is 6.33 Å². The van der Waals surface area contributed by atoms with Crippen LogP contribution in [-0.2, 0) is 33.6 Å². The van der Waals surface area contributed by atoms with Crippen molar-refractivity contribution in [2.45, 2.75) is 94.5 Å². The van der Waals surface area contributed by atoms with Crippen LogP contribution in [-0.4, -0.2) is 105 Å². The Bertz CT molecular complexity index is 1450. The van der Waals surface area contributed by atoms with Gasteiger partial charge in [0, 0.05) is 44.0 Å². The molecule has 3 heterocycles. The van der Waals surface area contributed by atoms with E-state index in [-0.39, 0.29) is 31.2 Å². The molecule has 0 spiro atoms. The Morgan fingerprint density at radius 2 is 1.58 bits per heavy atom. The molecule has 1 aliphatic heterocycles. The second-order valence-corrected chi connectivity index (χ2v) is 13.4. The Balaban J connectivity index is 1.32. The van der Waals surface area contributed by atoms with Gasteiger partial charge < -0.3 is 40.8 Å². The number of carbonyl (C=O) groups excluding carboxylic acids is 3. The standard InChI is InChI=1S/C37H51N7O6/c45-33(15-14-28-13-7-8-16-39-28)34(46)30(21-26-9-3-1-4-10-26)41-36(48)32(23-29-24-38-25-40-29)42-35(47)31(22-27-11-5-2-6-12-27)43-37(49)44-17-19-50-20-18-44/h2,5-8,11-13,16,24-26,30-34,45-46H,1,3-4,9-10,14-15,17-23H2,(H,38,40)(H,41,48)(H,42,47)(H,43,49)/t30-,31?,32?,33-,34+/m0/s1. The van der Waals surface area contributed by atoms with Crippen LogP contribution in [0.5, 0.6) is 0 Å². The minimum Gasteiger partial charge on any atom is -0.390 e. The van der Waals surface area contributed by atoms with Crippen molar-refractivity contribution in [2.75, 3.05) is 26.3 Å².